The number of carbonyl (C=O) groups excluding carboxylic acids is 1. The summed E-state index contributed by atoms with van der Waals surface area (Å²) in [6.07, 6.45) is 0.666. The van der Waals surface area contributed by atoms with Gasteiger partial charge in [0, 0.05) is 31.7 Å². The van der Waals surface area contributed by atoms with E-state index in [-0.39, 0.29) is 11.4 Å². The smallest absolute Gasteiger partial charge is 0.260 e. The van der Waals surface area contributed by atoms with Gasteiger partial charge in [-0.15, -0.1) is 0 Å². The molecule has 0 aliphatic carbocycles. The lowest BCUT2D eigenvalue weighted by Crippen LogP contribution is -2.39. The largest absolute Gasteiger partial charge is 0.379 e. The summed E-state index contributed by atoms with van der Waals surface area (Å²) in [7, 11) is 0. The zero-order valence-electron chi connectivity index (χ0n) is 16.1. The molecule has 0 saturated carbocycles. The van der Waals surface area contributed by atoms with Crippen molar-refractivity contribution < 1.29 is 22.7 Å². The lowest BCUT2D eigenvalue weighted by Gasteiger charge is -2.27. The van der Waals surface area contributed by atoms with Crippen LogP contribution in [0.1, 0.15) is 16.8 Å². The van der Waals surface area contributed by atoms with Gasteiger partial charge in [0.1, 0.15) is 5.82 Å². The Balaban J connectivity index is 1.58. The number of hydrogen-bond acceptors (Lipinski definition) is 5. The highest BCUT2D eigenvalue weighted by molar-refractivity contribution is 7.22. The number of hydrogen-bond donors (Lipinski definition) is 0. The highest BCUT2D eigenvalue weighted by Crippen LogP contribution is 2.30. The number of carbonyl (C=O) groups is 1. The van der Waals surface area contributed by atoms with Crippen molar-refractivity contribution in [2.75, 3.05) is 44.3 Å². The van der Waals surface area contributed by atoms with E-state index in [2.05, 4.69) is 9.88 Å². The Labute approximate surface area is 175 Å². The number of amides is 1. The first-order valence-corrected chi connectivity index (χ1v) is 10.5. The number of anilines is 1. The van der Waals surface area contributed by atoms with Crippen molar-refractivity contribution >= 4 is 32.6 Å². The highest BCUT2D eigenvalue weighted by atomic mass is 32.1. The number of aromatic nitrogens is 1. The lowest BCUT2D eigenvalue weighted by molar-refractivity contribution is 0.0376. The first kappa shape index (κ1) is 20.8. The molecule has 0 atom stereocenters. The van der Waals surface area contributed by atoms with Gasteiger partial charge in [0.25, 0.3) is 5.91 Å². The minimum atomic E-state index is -1.08. The van der Waals surface area contributed by atoms with E-state index in [0.717, 1.165) is 31.8 Å². The molecular weight excluding hydrogens is 415 g/mol. The summed E-state index contributed by atoms with van der Waals surface area (Å²) in [4.78, 5) is 21.3. The van der Waals surface area contributed by atoms with Crippen LogP contribution in [0, 0.1) is 17.5 Å². The maximum absolute atomic E-state index is 13.7. The van der Waals surface area contributed by atoms with Crippen LogP contribution in [-0.4, -0.2) is 55.2 Å². The fourth-order valence-electron chi connectivity index (χ4n) is 3.35. The van der Waals surface area contributed by atoms with E-state index in [1.807, 2.05) is 0 Å². The molecule has 0 N–H and O–H groups in total. The van der Waals surface area contributed by atoms with Crippen molar-refractivity contribution in [3.63, 3.8) is 0 Å². The fraction of sp³-hybridized carbons (Fsp3) is 0.333. The molecule has 0 unspecified atom stereocenters. The number of thiazole rings is 1. The molecule has 9 heteroatoms. The van der Waals surface area contributed by atoms with Crippen molar-refractivity contribution in [1.29, 1.82) is 0 Å². The number of rotatable bonds is 6. The van der Waals surface area contributed by atoms with Crippen LogP contribution in [-0.2, 0) is 4.74 Å². The Morgan fingerprint density at radius 3 is 2.67 bits per heavy atom. The fourth-order valence-corrected chi connectivity index (χ4v) is 4.36. The lowest BCUT2D eigenvalue weighted by atomic mass is 10.2. The molecule has 0 spiro atoms. The molecule has 158 valence electrons. The van der Waals surface area contributed by atoms with Gasteiger partial charge in [-0.3, -0.25) is 14.6 Å². The highest BCUT2D eigenvalue weighted by Gasteiger charge is 2.23. The van der Waals surface area contributed by atoms with Crippen molar-refractivity contribution in [3.8, 4) is 0 Å². The molecule has 4 rings (SSSR count). The van der Waals surface area contributed by atoms with E-state index in [9.17, 15) is 18.0 Å². The minimum absolute atomic E-state index is 0.0331. The second-order valence-electron chi connectivity index (χ2n) is 7.00. The monoisotopic (exact) mass is 435 g/mol. The molecule has 1 amide bonds. The van der Waals surface area contributed by atoms with Gasteiger partial charge >= 0.3 is 0 Å². The first-order valence-electron chi connectivity index (χ1n) is 9.64. The molecule has 0 bridgehead atoms. The molecule has 1 aliphatic heterocycles. The van der Waals surface area contributed by atoms with Crippen LogP contribution in [0.5, 0.6) is 0 Å². The zero-order chi connectivity index (χ0) is 21.1. The number of ether oxygens (including phenoxy) is 1. The van der Waals surface area contributed by atoms with Crippen LogP contribution in [0.3, 0.4) is 0 Å². The summed E-state index contributed by atoms with van der Waals surface area (Å²) >= 11 is 1.19. The molecule has 0 radical (unpaired) electrons. The third-order valence-electron chi connectivity index (χ3n) is 4.94. The molecule has 2 aromatic carbocycles. The van der Waals surface area contributed by atoms with Crippen LogP contribution < -0.4 is 4.90 Å². The van der Waals surface area contributed by atoms with Gasteiger partial charge in [0.2, 0.25) is 0 Å². The predicted octanol–water partition coefficient (Wildman–Crippen LogP) is 4.08. The Hall–Kier alpha value is -2.49. The second-order valence-corrected chi connectivity index (χ2v) is 8.01. The molecule has 30 heavy (non-hydrogen) atoms. The summed E-state index contributed by atoms with van der Waals surface area (Å²) in [6.45, 7) is 4.14. The number of halogens is 3. The van der Waals surface area contributed by atoms with Gasteiger partial charge in [-0.05, 0) is 42.8 Å². The van der Waals surface area contributed by atoms with Gasteiger partial charge in [0.15, 0.2) is 16.8 Å². The number of benzene rings is 2. The topological polar surface area (TPSA) is 45.7 Å². The number of nitrogens with zero attached hydrogens (tertiary/aromatic N) is 3. The van der Waals surface area contributed by atoms with E-state index in [4.69, 9.17) is 4.74 Å². The number of morpholine rings is 1. The van der Waals surface area contributed by atoms with E-state index >= 15 is 0 Å². The standard InChI is InChI=1S/C21H20F3N3O2S/c22-15-3-5-18-19(13-15)30-21(25-18)27(7-1-6-26-8-10-29-11-9-26)20(28)14-2-4-16(23)17(24)12-14/h2-5,12-13H,1,6-11H2. The zero-order valence-corrected chi connectivity index (χ0v) is 16.9. The average Bonchev–Trinajstić information content (AvgIpc) is 3.16. The SMILES string of the molecule is O=C(c1ccc(F)c(F)c1)N(CCCN1CCOCC1)c1nc2ccc(F)cc2s1. The third kappa shape index (κ3) is 4.63. The maximum atomic E-state index is 13.7. The third-order valence-corrected chi connectivity index (χ3v) is 5.98. The Morgan fingerprint density at radius 2 is 1.90 bits per heavy atom. The van der Waals surface area contributed by atoms with Crippen LogP contribution in [0.2, 0.25) is 0 Å². The van der Waals surface area contributed by atoms with Gasteiger partial charge in [-0.1, -0.05) is 11.3 Å². The van der Waals surface area contributed by atoms with E-state index in [0.29, 0.717) is 41.5 Å². The Morgan fingerprint density at radius 1 is 1.10 bits per heavy atom. The summed E-state index contributed by atoms with van der Waals surface area (Å²) in [5.41, 5.74) is 0.610. The van der Waals surface area contributed by atoms with E-state index in [1.165, 1.54) is 34.4 Å². The van der Waals surface area contributed by atoms with Gasteiger partial charge in [-0.25, -0.2) is 18.2 Å². The minimum Gasteiger partial charge on any atom is -0.379 e. The van der Waals surface area contributed by atoms with Crippen molar-refractivity contribution in [2.24, 2.45) is 0 Å². The normalized spacial score (nSPS) is 14.9. The molecule has 1 saturated heterocycles. The van der Waals surface area contributed by atoms with Crippen LogP contribution in [0.15, 0.2) is 36.4 Å². The molecule has 1 aromatic heterocycles. The summed E-state index contributed by atoms with van der Waals surface area (Å²) in [6, 6.07) is 7.30. The molecule has 2 heterocycles. The molecule has 5 nitrogen and oxygen atoms in total. The van der Waals surface area contributed by atoms with Gasteiger partial charge in [-0.2, -0.15) is 0 Å². The predicted molar refractivity (Wildman–Crippen MR) is 109 cm³/mol. The summed E-state index contributed by atoms with van der Waals surface area (Å²) < 4.78 is 46.5. The van der Waals surface area contributed by atoms with Crippen molar-refractivity contribution in [3.05, 3.63) is 59.4 Å². The van der Waals surface area contributed by atoms with Crippen LogP contribution >= 0.6 is 11.3 Å². The summed E-state index contributed by atoms with van der Waals surface area (Å²) in [5, 5.41) is 0.396. The van der Waals surface area contributed by atoms with Gasteiger partial charge in [0.05, 0.1) is 23.4 Å². The average molecular weight is 435 g/mol. The van der Waals surface area contributed by atoms with Crippen LogP contribution in [0.4, 0.5) is 18.3 Å². The van der Waals surface area contributed by atoms with Gasteiger partial charge < -0.3 is 4.74 Å². The van der Waals surface area contributed by atoms with Crippen molar-refractivity contribution in [2.45, 2.75) is 6.42 Å². The molecule has 1 fully saturated rings. The molecular formula is C21H20F3N3O2S. The van der Waals surface area contributed by atoms with Crippen LogP contribution in [0.25, 0.3) is 10.2 Å². The first-order chi connectivity index (χ1) is 14.5. The number of fused-ring (bicyclic) bond motifs is 1. The maximum Gasteiger partial charge on any atom is 0.260 e. The summed E-state index contributed by atoms with van der Waals surface area (Å²) in [5.74, 6) is -2.96. The molecule has 3 aromatic rings. The Bertz CT molecular complexity index is 1050. The quantitative estimate of drug-likeness (QED) is 0.585. The molecule has 1 aliphatic rings. The van der Waals surface area contributed by atoms with E-state index < -0.39 is 17.5 Å². The second kappa shape index (κ2) is 9.11. The van der Waals surface area contributed by atoms with Crippen molar-refractivity contribution in [1.82, 2.24) is 9.88 Å². The Kier molecular flexibility index (Phi) is 6.31. The van der Waals surface area contributed by atoms with E-state index in [1.54, 1.807) is 6.07 Å².